The normalized spacial score (nSPS) is 11.3. The van der Waals surface area contributed by atoms with E-state index in [2.05, 4.69) is 50.5 Å². The topological polar surface area (TPSA) is 53.5 Å². The Labute approximate surface area is 197 Å². The Kier molecular flexibility index (Phi) is 22.5. The third kappa shape index (κ3) is 16.0. The van der Waals surface area contributed by atoms with Crippen molar-refractivity contribution in [3.63, 3.8) is 0 Å². The number of allylic oxidation sites excluding steroid dienone is 4. The van der Waals surface area contributed by atoms with Crippen molar-refractivity contribution in [2.45, 2.75) is 73.8 Å². The number of halogens is 1. The van der Waals surface area contributed by atoms with Gasteiger partial charge in [0, 0.05) is 18.2 Å². The van der Waals surface area contributed by atoms with Crippen molar-refractivity contribution in [2.24, 2.45) is 0 Å². The smallest absolute Gasteiger partial charge is 0.122 e. The van der Waals surface area contributed by atoms with E-state index in [0.717, 1.165) is 43.1 Å². The Hall–Kier alpha value is -1.33. The van der Waals surface area contributed by atoms with Gasteiger partial charge in [0.25, 0.3) is 0 Å². The molecule has 0 heterocycles. The first-order valence-electron chi connectivity index (χ1n) is 11.4. The van der Waals surface area contributed by atoms with Crippen LogP contribution in [0.25, 0.3) is 0 Å². The summed E-state index contributed by atoms with van der Waals surface area (Å²) in [7, 11) is 3.91. The molecule has 5 heteroatoms. The van der Waals surface area contributed by atoms with Crippen LogP contribution in [0.1, 0.15) is 70.1 Å². The average molecular weight is 455 g/mol. The lowest BCUT2D eigenvalue weighted by Crippen LogP contribution is -2.08. The van der Waals surface area contributed by atoms with E-state index in [4.69, 9.17) is 21.4 Å². The molecule has 0 atom stereocenters. The number of unbranched alkanes of at least 4 members (excludes halogenated alkanes) is 1. The molecule has 1 rings (SSSR count). The molecule has 3 N–H and O–H groups in total. The van der Waals surface area contributed by atoms with Gasteiger partial charge in [-0.2, -0.15) is 0 Å². The Morgan fingerprint density at radius 2 is 1.77 bits per heavy atom. The maximum Gasteiger partial charge on any atom is 0.122 e. The molecule has 0 amide bonds. The van der Waals surface area contributed by atoms with E-state index in [0.29, 0.717) is 6.61 Å². The molecule has 31 heavy (non-hydrogen) atoms. The first kappa shape index (κ1) is 31.9. The summed E-state index contributed by atoms with van der Waals surface area (Å²) >= 11 is 5.79. The molecule has 0 spiro atoms. The van der Waals surface area contributed by atoms with Crippen LogP contribution in [0.2, 0.25) is 0 Å². The molecule has 0 aliphatic heterocycles. The summed E-state index contributed by atoms with van der Waals surface area (Å²) in [4.78, 5) is 0. The van der Waals surface area contributed by atoms with Crippen molar-refractivity contribution in [2.75, 3.05) is 33.9 Å². The van der Waals surface area contributed by atoms with E-state index >= 15 is 0 Å². The molecule has 0 aliphatic rings. The minimum atomic E-state index is 0.239. The zero-order valence-corrected chi connectivity index (χ0v) is 22.0. The van der Waals surface area contributed by atoms with Crippen LogP contribution in [0.4, 0.5) is 0 Å². The summed E-state index contributed by atoms with van der Waals surface area (Å²) in [5.74, 6) is 0.959. The van der Waals surface area contributed by atoms with Gasteiger partial charge in [-0.3, -0.25) is 0 Å². The number of ether oxygens (including phenoxy) is 1. The van der Waals surface area contributed by atoms with Crippen LogP contribution >= 0.6 is 11.6 Å². The fraction of sp³-hybridized carbons (Fsp3) is 0.615. The number of rotatable bonds is 11. The highest BCUT2D eigenvalue weighted by atomic mass is 35.5. The molecule has 0 aliphatic carbocycles. The van der Waals surface area contributed by atoms with Crippen LogP contribution in [0.3, 0.4) is 0 Å². The van der Waals surface area contributed by atoms with Crippen LogP contribution in [0, 0.1) is 13.8 Å². The number of nitrogens with one attached hydrogen (secondary N) is 2. The Morgan fingerprint density at radius 1 is 1.10 bits per heavy atom. The molecule has 0 saturated carbocycles. The molecule has 0 fully saturated rings. The maximum absolute atomic E-state index is 8.70. The summed E-state index contributed by atoms with van der Waals surface area (Å²) in [6.07, 6.45) is 8.00. The largest absolute Gasteiger partial charge is 0.493 e. The lowest BCUT2D eigenvalue weighted by molar-refractivity contribution is 0.252. The second-order valence-corrected chi connectivity index (χ2v) is 7.73. The molecule has 0 saturated heterocycles. The van der Waals surface area contributed by atoms with Crippen molar-refractivity contribution >= 4 is 11.6 Å². The highest BCUT2D eigenvalue weighted by Gasteiger charge is 2.06. The summed E-state index contributed by atoms with van der Waals surface area (Å²) in [6.45, 7) is 15.4. The van der Waals surface area contributed by atoms with Crippen molar-refractivity contribution in [1.29, 1.82) is 0 Å². The molecule has 0 bridgehead atoms. The third-order valence-corrected chi connectivity index (χ3v) is 5.18. The van der Waals surface area contributed by atoms with Gasteiger partial charge in [-0.25, -0.2) is 0 Å². The first-order chi connectivity index (χ1) is 14.8. The molecule has 0 radical (unpaired) electrons. The average Bonchev–Trinajstić information content (AvgIpc) is 2.77. The van der Waals surface area contributed by atoms with Gasteiger partial charge in [0.2, 0.25) is 0 Å². The van der Waals surface area contributed by atoms with Gasteiger partial charge >= 0.3 is 0 Å². The number of hydrogen-bond acceptors (Lipinski definition) is 4. The molecule has 1 aromatic carbocycles. The SMILES string of the molecule is C/C=C(Cl)\C(C)=C/CC.CCCNC.CNCc1ccc(OCCCCO)c(C)c1C. The summed E-state index contributed by atoms with van der Waals surface area (Å²) in [5.41, 5.74) is 4.98. The van der Waals surface area contributed by atoms with E-state index in [1.807, 2.05) is 40.1 Å². The van der Waals surface area contributed by atoms with Crippen LogP contribution in [-0.2, 0) is 6.54 Å². The molecular weight excluding hydrogens is 408 g/mol. The van der Waals surface area contributed by atoms with Crippen LogP contribution < -0.4 is 15.4 Å². The van der Waals surface area contributed by atoms with Crippen molar-refractivity contribution in [3.8, 4) is 5.75 Å². The predicted molar refractivity (Wildman–Crippen MR) is 138 cm³/mol. The van der Waals surface area contributed by atoms with Crippen LogP contribution in [0.15, 0.2) is 34.9 Å². The van der Waals surface area contributed by atoms with E-state index in [9.17, 15) is 0 Å². The summed E-state index contributed by atoms with van der Waals surface area (Å²) < 4.78 is 5.72. The van der Waals surface area contributed by atoms with Gasteiger partial charge in [-0.15, -0.1) is 0 Å². The van der Waals surface area contributed by atoms with E-state index in [1.165, 1.54) is 28.7 Å². The highest BCUT2D eigenvalue weighted by Crippen LogP contribution is 2.24. The predicted octanol–water partition coefficient (Wildman–Crippen LogP) is 6.28. The Morgan fingerprint density at radius 3 is 2.23 bits per heavy atom. The quantitative estimate of drug-likeness (QED) is 0.272. The molecule has 0 unspecified atom stereocenters. The molecule has 4 nitrogen and oxygen atoms in total. The fourth-order valence-electron chi connectivity index (χ4n) is 2.67. The Bertz CT molecular complexity index is 626. The number of aliphatic hydroxyl groups excluding tert-OH is 1. The van der Waals surface area contributed by atoms with E-state index in [1.54, 1.807) is 0 Å². The van der Waals surface area contributed by atoms with Crippen LogP contribution in [-0.4, -0.2) is 39.0 Å². The molecular formula is C26H47ClN2O2. The number of aliphatic hydroxyl groups is 1. The van der Waals surface area contributed by atoms with E-state index < -0.39 is 0 Å². The maximum atomic E-state index is 8.70. The van der Waals surface area contributed by atoms with Gasteiger partial charge in [-0.1, -0.05) is 43.7 Å². The van der Waals surface area contributed by atoms with Gasteiger partial charge in [0.05, 0.1) is 6.61 Å². The minimum absolute atomic E-state index is 0.239. The standard InChI is InChI=1S/C14H23NO2.C8H13Cl.C4H11N/c1-11-12(2)14(17-9-5-4-8-16)7-6-13(11)10-15-3;1-4-6-7(3)8(9)5-2;1-3-4-5-2/h6-7,15-16H,4-5,8-10H2,1-3H3;5-6H,4H2,1-3H3;5H,3-4H2,1-2H3/b;7-6-,8-5+;. The first-order valence-corrected chi connectivity index (χ1v) is 11.8. The monoisotopic (exact) mass is 454 g/mol. The van der Waals surface area contributed by atoms with Gasteiger partial charge < -0.3 is 20.5 Å². The zero-order chi connectivity index (χ0) is 24.1. The number of hydrogen-bond donors (Lipinski definition) is 3. The third-order valence-electron chi connectivity index (χ3n) is 4.67. The van der Waals surface area contributed by atoms with Gasteiger partial charge in [0.1, 0.15) is 5.75 Å². The van der Waals surface area contributed by atoms with Gasteiger partial charge in [0.15, 0.2) is 0 Å². The molecule has 180 valence electrons. The van der Waals surface area contributed by atoms with E-state index in [-0.39, 0.29) is 6.61 Å². The van der Waals surface area contributed by atoms with Gasteiger partial charge in [-0.05, 0) is 102 Å². The fourth-order valence-corrected chi connectivity index (χ4v) is 2.74. The summed E-state index contributed by atoms with van der Waals surface area (Å²) in [5, 5.41) is 15.7. The summed E-state index contributed by atoms with van der Waals surface area (Å²) in [6, 6.07) is 4.15. The van der Waals surface area contributed by atoms with Crippen molar-refractivity contribution in [1.82, 2.24) is 10.6 Å². The lowest BCUT2D eigenvalue weighted by atomic mass is 10.0. The lowest BCUT2D eigenvalue weighted by Gasteiger charge is -2.14. The highest BCUT2D eigenvalue weighted by molar-refractivity contribution is 6.31. The minimum Gasteiger partial charge on any atom is -0.493 e. The Balaban J connectivity index is 0. The van der Waals surface area contributed by atoms with Crippen molar-refractivity contribution < 1.29 is 9.84 Å². The van der Waals surface area contributed by atoms with Crippen molar-refractivity contribution in [3.05, 3.63) is 51.6 Å². The zero-order valence-electron chi connectivity index (χ0n) is 21.2. The van der Waals surface area contributed by atoms with Crippen LogP contribution in [0.5, 0.6) is 5.75 Å². The molecule has 1 aromatic rings. The second-order valence-electron chi connectivity index (χ2n) is 7.32. The number of benzene rings is 1. The second kappa shape index (κ2) is 21.9. The molecule has 0 aromatic heterocycles.